The van der Waals surface area contributed by atoms with Gasteiger partial charge >= 0.3 is 0 Å². The smallest absolute Gasteiger partial charge is 0.142 e. The molecule has 1 aromatic heterocycles. The third-order valence-electron chi connectivity index (χ3n) is 2.29. The summed E-state index contributed by atoms with van der Waals surface area (Å²) in [6, 6.07) is 8.72. The van der Waals surface area contributed by atoms with Crippen molar-refractivity contribution in [2.45, 2.75) is 6.04 Å². The molecule has 0 aliphatic carbocycles. The van der Waals surface area contributed by atoms with E-state index in [1.807, 2.05) is 17.5 Å². The van der Waals surface area contributed by atoms with E-state index in [4.69, 9.17) is 5.84 Å². The van der Waals surface area contributed by atoms with Crippen LogP contribution < -0.4 is 11.3 Å². The van der Waals surface area contributed by atoms with E-state index in [1.54, 1.807) is 29.5 Å². The quantitative estimate of drug-likeness (QED) is 0.675. The van der Waals surface area contributed by atoms with Gasteiger partial charge in [0.25, 0.3) is 0 Å². The molecule has 0 saturated heterocycles. The second-order valence-electron chi connectivity index (χ2n) is 3.26. The Morgan fingerprint density at radius 1 is 1.31 bits per heavy atom. The lowest BCUT2D eigenvalue weighted by Crippen LogP contribution is -2.28. The molecular formula is C11H10BrFN2S. The Kier molecular flexibility index (Phi) is 3.70. The highest BCUT2D eigenvalue weighted by Gasteiger charge is 2.18. The molecule has 0 amide bonds. The molecule has 1 unspecified atom stereocenters. The minimum Gasteiger partial charge on any atom is -0.271 e. The van der Waals surface area contributed by atoms with Crippen molar-refractivity contribution in [3.05, 3.63) is 56.4 Å². The predicted octanol–water partition coefficient (Wildman–Crippen LogP) is 3.20. The lowest BCUT2D eigenvalue weighted by Gasteiger charge is -2.15. The molecule has 1 aromatic carbocycles. The van der Waals surface area contributed by atoms with Gasteiger partial charge in [0.1, 0.15) is 5.82 Å². The van der Waals surface area contributed by atoms with E-state index >= 15 is 0 Å². The van der Waals surface area contributed by atoms with Crippen LogP contribution in [0.2, 0.25) is 0 Å². The van der Waals surface area contributed by atoms with Gasteiger partial charge in [-0.15, -0.1) is 11.3 Å². The molecule has 2 rings (SSSR count). The van der Waals surface area contributed by atoms with Crippen molar-refractivity contribution in [3.63, 3.8) is 0 Å². The molecule has 0 spiro atoms. The minimum atomic E-state index is -0.308. The third-order valence-corrected chi connectivity index (χ3v) is 3.84. The van der Waals surface area contributed by atoms with Gasteiger partial charge in [0.2, 0.25) is 0 Å². The van der Waals surface area contributed by atoms with Gasteiger partial charge < -0.3 is 0 Å². The summed E-state index contributed by atoms with van der Waals surface area (Å²) in [5.74, 6) is 5.21. The summed E-state index contributed by atoms with van der Waals surface area (Å²) in [4.78, 5) is 0.986. The van der Waals surface area contributed by atoms with Crippen molar-refractivity contribution in [2.24, 2.45) is 5.84 Å². The topological polar surface area (TPSA) is 38.0 Å². The van der Waals surface area contributed by atoms with Crippen molar-refractivity contribution in [3.8, 4) is 0 Å². The molecule has 16 heavy (non-hydrogen) atoms. The summed E-state index contributed by atoms with van der Waals surface area (Å²) in [6.07, 6.45) is 0. The number of rotatable bonds is 3. The number of benzene rings is 1. The molecule has 0 radical (unpaired) electrons. The maximum atomic E-state index is 13.9. The fourth-order valence-corrected chi connectivity index (χ4v) is 2.71. The van der Waals surface area contributed by atoms with Crippen LogP contribution in [0.1, 0.15) is 16.5 Å². The largest absolute Gasteiger partial charge is 0.271 e. The zero-order chi connectivity index (χ0) is 11.5. The van der Waals surface area contributed by atoms with Crippen LogP contribution in [-0.2, 0) is 0 Å². The fourth-order valence-electron chi connectivity index (χ4n) is 1.52. The number of nitrogens with two attached hydrogens (primary N) is 1. The molecule has 1 heterocycles. The van der Waals surface area contributed by atoms with Crippen LogP contribution >= 0.6 is 27.3 Å². The molecule has 2 nitrogen and oxygen atoms in total. The molecule has 1 atom stereocenters. The van der Waals surface area contributed by atoms with Gasteiger partial charge in [-0.3, -0.25) is 5.84 Å². The summed E-state index contributed by atoms with van der Waals surface area (Å²) < 4.78 is 14.3. The van der Waals surface area contributed by atoms with Crippen LogP contribution in [0, 0.1) is 5.82 Å². The van der Waals surface area contributed by atoms with Gasteiger partial charge in [-0.05, 0) is 33.4 Å². The molecule has 3 N–H and O–H groups in total. The van der Waals surface area contributed by atoms with Gasteiger partial charge in [-0.25, -0.2) is 9.82 Å². The first kappa shape index (κ1) is 11.7. The Morgan fingerprint density at radius 3 is 2.75 bits per heavy atom. The Morgan fingerprint density at radius 2 is 2.12 bits per heavy atom. The van der Waals surface area contributed by atoms with Crippen LogP contribution in [0.3, 0.4) is 0 Å². The maximum Gasteiger partial charge on any atom is 0.142 e. The van der Waals surface area contributed by atoms with Crippen LogP contribution in [0.4, 0.5) is 4.39 Å². The standard InChI is InChI=1S/C11H10BrFN2S/c12-8-4-1-3-7(10(8)13)11(15-14)9-5-2-6-16-9/h1-6,11,15H,14H2. The fraction of sp³-hybridized carbons (Fsp3) is 0.0909. The molecule has 0 fully saturated rings. The summed E-state index contributed by atoms with van der Waals surface area (Å²) >= 11 is 4.71. The normalized spacial score (nSPS) is 12.7. The van der Waals surface area contributed by atoms with Gasteiger partial charge in [0, 0.05) is 10.4 Å². The highest BCUT2D eigenvalue weighted by molar-refractivity contribution is 9.10. The van der Waals surface area contributed by atoms with E-state index in [1.165, 1.54) is 0 Å². The molecule has 5 heteroatoms. The number of nitrogens with one attached hydrogen (secondary N) is 1. The number of thiophene rings is 1. The van der Waals surface area contributed by atoms with E-state index in [9.17, 15) is 4.39 Å². The Bertz CT molecular complexity index is 473. The number of hydrogen-bond donors (Lipinski definition) is 2. The summed E-state index contributed by atoms with van der Waals surface area (Å²) in [5.41, 5.74) is 3.18. The van der Waals surface area contributed by atoms with E-state index in [0.717, 1.165) is 4.88 Å². The average molecular weight is 301 g/mol. The van der Waals surface area contributed by atoms with Crippen molar-refractivity contribution < 1.29 is 4.39 Å². The zero-order valence-electron chi connectivity index (χ0n) is 8.28. The van der Waals surface area contributed by atoms with Crippen molar-refractivity contribution in [1.29, 1.82) is 0 Å². The molecule has 0 saturated carbocycles. The van der Waals surface area contributed by atoms with E-state index in [-0.39, 0.29) is 11.9 Å². The van der Waals surface area contributed by atoms with Crippen LogP contribution in [0.5, 0.6) is 0 Å². The van der Waals surface area contributed by atoms with E-state index < -0.39 is 0 Å². The van der Waals surface area contributed by atoms with Crippen molar-refractivity contribution >= 4 is 27.3 Å². The van der Waals surface area contributed by atoms with Crippen molar-refractivity contribution in [1.82, 2.24) is 5.43 Å². The first-order valence-corrected chi connectivity index (χ1v) is 6.34. The lowest BCUT2D eigenvalue weighted by atomic mass is 10.1. The maximum absolute atomic E-state index is 13.9. The number of halogens is 2. The van der Waals surface area contributed by atoms with Crippen molar-refractivity contribution in [2.75, 3.05) is 0 Å². The molecule has 84 valence electrons. The second kappa shape index (κ2) is 5.05. The SMILES string of the molecule is NNC(c1cccs1)c1cccc(Br)c1F. The van der Waals surface area contributed by atoms with Gasteiger partial charge in [-0.2, -0.15) is 0 Å². The predicted molar refractivity (Wildman–Crippen MR) is 67.6 cm³/mol. The second-order valence-corrected chi connectivity index (χ2v) is 5.09. The first-order chi connectivity index (χ1) is 7.74. The molecule has 0 aliphatic rings. The first-order valence-electron chi connectivity index (χ1n) is 4.67. The number of hydrazine groups is 1. The third kappa shape index (κ3) is 2.17. The summed E-state index contributed by atoms with van der Waals surface area (Å²) in [6.45, 7) is 0. The minimum absolute atomic E-state index is 0.279. The molecule has 2 aromatic rings. The van der Waals surface area contributed by atoms with Gasteiger partial charge in [-0.1, -0.05) is 18.2 Å². The lowest BCUT2D eigenvalue weighted by molar-refractivity contribution is 0.560. The average Bonchev–Trinajstić information content (AvgIpc) is 2.79. The van der Waals surface area contributed by atoms with Crippen LogP contribution in [-0.4, -0.2) is 0 Å². The zero-order valence-corrected chi connectivity index (χ0v) is 10.7. The van der Waals surface area contributed by atoms with Gasteiger partial charge in [0.15, 0.2) is 0 Å². The van der Waals surface area contributed by atoms with E-state index in [0.29, 0.717) is 10.0 Å². The summed E-state index contributed by atoms with van der Waals surface area (Å²) in [5, 5.41) is 1.94. The number of hydrogen-bond acceptors (Lipinski definition) is 3. The van der Waals surface area contributed by atoms with Crippen LogP contribution in [0.15, 0.2) is 40.2 Å². The Hall–Kier alpha value is -0.750. The monoisotopic (exact) mass is 300 g/mol. The molecule has 0 bridgehead atoms. The van der Waals surface area contributed by atoms with Gasteiger partial charge in [0.05, 0.1) is 10.5 Å². The highest BCUT2D eigenvalue weighted by atomic mass is 79.9. The van der Waals surface area contributed by atoms with E-state index in [2.05, 4.69) is 21.4 Å². The highest BCUT2D eigenvalue weighted by Crippen LogP contribution is 2.29. The molecule has 0 aliphatic heterocycles. The summed E-state index contributed by atoms with van der Waals surface area (Å²) in [7, 11) is 0. The molecular weight excluding hydrogens is 291 g/mol. The van der Waals surface area contributed by atoms with Crippen LogP contribution in [0.25, 0.3) is 0 Å². The Balaban J connectivity index is 2.45. The Labute approximate surface area is 105 Å².